The highest BCUT2D eigenvalue weighted by Crippen LogP contribution is 2.14. The van der Waals surface area contributed by atoms with Crippen LogP contribution in [0.25, 0.3) is 0 Å². The van der Waals surface area contributed by atoms with Gasteiger partial charge in [-0.15, -0.1) is 0 Å². The average molecular weight is 346 g/mol. The zero-order valence-corrected chi connectivity index (χ0v) is 16.9. The molecule has 0 amide bonds. The van der Waals surface area contributed by atoms with Gasteiger partial charge < -0.3 is 5.32 Å². The molecule has 1 rings (SSSR count). The van der Waals surface area contributed by atoms with Crippen molar-refractivity contribution in [2.45, 2.75) is 116 Å². The summed E-state index contributed by atoms with van der Waals surface area (Å²) >= 11 is 0. The van der Waals surface area contributed by atoms with Gasteiger partial charge in [-0.25, -0.2) is 0 Å². The Hall–Kier alpha value is -0.980. The molecule has 0 aromatic heterocycles. The lowest BCUT2D eigenvalue weighted by Crippen LogP contribution is -2.04. The van der Waals surface area contributed by atoms with E-state index in [4.69, 9.17) is 0 Å². The summed E-state index contributed by atoms with van der Waals surface area (Å²) in [6, 6.07) is 0. The third-order valence-corrected chi connectivity index (χ3v) is 5.16. The number of hydrogen-bond acceptors (Lipinski definition) is 1. The summed E-state index contributed by atoms with van der Waals surface area (Å²) in [4.78, 5) is 0. The van der Waals surface area contributed by atoms with E-state index in [1.165, 1.54) is 115 Å². The second-order valence-corrected chi connectivity index (χ2v) is 7.61. The fourth-order valence-electron chi connectivity index (χ4n) is 3.48. The van der Waals surface area contributed by atoms with Gasteiger partial charge in [-0.3, -0.25) is 0 Å². The zero-order chi connectivity index (χ0) is 17.8. The molecule has 0 saturated heterocycles. The van der Waals surface area contributed by atoms with E-state index in [1.54, 1.807) is 0 Å². The van der Waals surface area contributed by atoms with Crippen LogP contribution in [0.15, 0.2) is 36.2 Å². The molecule has 1 heterocycles. The molecular weight excluding hydrogens is 302 g/mol. The second-order valence-electron chi connectivity index (χ2n) is 7.61. The number of hydrogen-bond donors (Lipinski definition) is 1. The van der Waals surface area contributed by atoms with Gasteiger partial charge in [-0.05, 0) is 25.0 Å². The van der Waals surface area contributed by atoms with Crippen LogP contribution in [0.3, 0.4) is 0 Å². The van der Waals surface area contributed by atoms with Gasteiger partial charge in [0.15, 0.2) is 0 Å². The predicted octanol–water partition coefficient (Wildman–Crippen LogP) is 8.20. The Labute approximate surface area is 158 Å². The Bertz CT molecular complexity index is 364. The van der Waals surface area contributed by atoms with Gasteiger partial charge in [0.2, 0.25) is 0 Å². The number of dihydropyridines is 1. The smallest absolute Gasteiger partial charge is 0.0339 e. The molecule has 25 heavy (non-hydrogen) atoms. The molecule has 0 spiro atoms. The summed E-state index contributed by atoms with van der Waals surface area (Å²) in [5.74, 6) is 0. The first-order chi connectivity index (χ1) is 12.4. The van der Waals surface area contributed by atoms with Crippen molar-refractivity contribution in [2.24, 2.45) is 0 Å². The maximum atomic E-state index is 3.27. The molecular formula is C24H43N. The molecule has 0 radical (unpaired) electrons. The first-order valence-corrected chi connectivity index (χ1v) is 11.2. The second kappa shape index (κ2) is 17.8. The standard InChI is InChI=1S/C24H43N/c1-2-3-4-5-6-7-8-9-10-11-12-13-14-15-16-17-18-21-24-22-19-20-23-25-24/h19-23,25H,2-18H2,1H3. The van der Waals surface area contributed by atoms with Crippen LogP contribution in [0.5, 0.6) is 0 Å². The molecule has 0 aliphatic carbocycles. The van der Waals surface area contributed by atoms with Crippen molar-refractivity contribution >= 4 is 0 Å². The van der Waals surface area contributed by atoms with E-state index in [9.17, 15) is 0 Å². The Kier molecular flexibility index (Phi) is 15.7. The lowest BCUT2D eigenvalue weighted by molar-refractivity contribution is 0.530. The van der Waals surface area contributed by atoms with Crippen LogP contribution in [0.4, 0.5) is 0 Å². The first-order valence-electron chi connectivity index (χ1n) is 11.2. The fraction of sp³-hybridized carbons (Fsp3) is 0.750. The normalized spacial score (nSPS) is 15.0. The Morgan fingerprint density at radius 3 is 1.56 bits per heavy atom. The van der Waals surface area contributed by atoms with Crippen LogP contribution in [0.1, 0.15) is 116 Å². The molecule has 1 aliphatic rings. The molecule has 0 aromatic carbocycles. The van der Waals surface area contributed by atoms with Crippen molar-refractivity contribution in [3.63, 3.8) is 0 Å². The van der Waals surface area contributed by atoms with Gasteiger partial charge in [-0.2, -0.15) is 0 Å². The van der Waals surface area contributed by atoms with Crippen LogP contribution >= 0.6 is 0 Å². The molecule has 0 aromatic rings. The lowest BCUT2D eigenvalue weighted by atomic mass is 10.0. The van der Waals surface area contributed by atoms with E-state index in [2.05, 4.69) is 30.5 Å². The van der Waals surface area contributed by atoms with Crippen LogP contribution in [-0.2, 0) is 0 Å². The molecule has 144 valence electrons. The van der Waals surface area contributed by atoms with E-state index < -0.39 is 0 Å². The molecule has 0 saturated carbocycles. The zero-order valence-electron chi connectivity index (χ0n) is 16.9. The fourth-order valence-corrected chi connectivity index (χ4v) is 3.48. The van der Waals surface area contributed by atoms with E-state index in [-0.39, 0.29) is 0 Å². The van der Waals surface area contributed by atoms with Gasteiger partial charge in [0.25, 0.3) is 0 Å². The van der Waals surface area contributed by atoms with Crippen LogP contribution in [0.2, 0.25) is 0 Å². The Morgan fingerprint density at radius 1 is 0.640 bits per heavy atom. The number of unbranched alkanes of at least 4 members (excludes halogenated alkanes) is 16. The molecule has 0 atom stereocenters. The average Bonchev–Trinajstić information content (AvgIpc) is 2.65. The van der Waals surface area contributed by atoms with Crippen LogP contribution < -0.4 is 5.32 Å². The van der Waals surface area contributed by atoms with Crippen molar-refractivity contribution in [1.29, 1.82) is 0 Å². The van der Waals surface area contributed by atoms with Gasteiger partial charge >= 0.3 is 0 Å². The molecule has 0 bridgehead atoms. The molecule has 1 N–H and O–H groups in total. The quantitative estimate of drug-likeness (QED) is 0.262. The third-order valence-electron chi connectivity index (χ3n) is 5.16. The van der Waals surface area contributed by atoms with E-state index >= 15 is 0 Å². The number of allylic oxidation sites excluding steroid dienone is 4. The minimum atomic E-state index is 1.21. The van der Waals surface area contributed by atoms with Crippen molar-refractivity contribution in [3.05, 3.63) is 36.2 Å². The van der Waals surface area contributed by atoms with Gasteiger partial charge in [0.05, 0.1) is 0 Å². The monoisotopic (exact) mass is 345 g/mol. The van der Waals surface area contributed by atoms with Gasteiger partial charge in [0, 0.05) is 11.9 Å². The molecule has 1 aliphatic heterocycles. The topological polar surface area (TPSA) is 12.0 Å². The first kappa shape index (κ1) is 22.1. The minimum Gasteiger partial charge on any atom is -0.362 e. The molecule has 1 nitrogen and oxygen atoms in total. The SMILES string of the molecule is CCCCCCCCCCCCCCCCCCC=C1C=CC=CN1. The maximum absolute atomic E-state index is 3.27. The molecule has 0 fully saturated rings. The van der Waals surface area contributed by atoms with Crippen molar-refractivity contribution < 1.29 is 0 Å². The summed E-state index contributed by atoms with van der Waals surface area (Å²) in [6.07, 6.45) is 34.9. The minimum absolute atomic E-state index is 1.21. The van der Waals surface area contributed by atoms with Gasteiger partial charge in [0.1, 0.15) is 0 Å². The van der Waals surface area contributed by atoms with Crippen molar-refractivity contribution in [3.8, 4) is 0 Å². The highest BCUT2D eigenvalue weighted by Gasteiger charge is 1.95. The van der Waals surface area contributed by atoms with E-state index in [0.717, 1.165) is 0 Å². The van der Waals surface area contributed by atoms with Crippen LogP contribution in [0, 0.1) is 0 Å². The summed E-state index contributed by atoms with van der Waals surface area (Å²) < 4.78 is 0. The van der Waals surface area contributed by atoms with Crippen molar-refractivity contribution in [2.75, 3.05) is 0 Å². The summed E-state index contributed by atoms with van der Waals surface area (Å²) in [6.45, 7) is 2.30. The van der Waals surface area contributed by atoms with E-state index in [1.807, 2.05) is 12.3 Å². The maximum Gasteiger partial charge on any atom is 0.0339 e. The summed E-state index contributed by atoms with van der Waals surface area (Å²) in [5, 5.41) is 3.27. The highest BCUT2D eigenvalue weighted by molar-refractivity contribution is 5.26. The molecule has 0 unspecified atom stereocenters. The Balaban J connectivity index is 1.71. The number of rotatable bonds is 17. The van der Waals surface area contributed by atoms with Crippen LogP contribution in [-0.4, -0.2) is 0 Å². The lowest BCUT2D eigenvalue weighted by Gasteiger charge is -2.05. The summed E-state index contributed by atoms with van der Waals surface area (Å²) in [5.41, 5.74) is 1.25. The van der Waals surface area contributed by atoms with Crippen molar-refractivity contribution in [1.82, 2.24) is 5.32 Å². The third kappa shape index (κ3) is 15.0. The number of nitrogens with one attached hydrogen (secondary N) is 1. The van der Waals surface area contributed by atoms with E-state index in [0.29, 0.717) is 0 Å². The van der Waals surface area contributed by atoms with Gasteiger partial charge in [-0.1, -0.05) is 115 Å². The Morgan fingerprint density at radius 2 is 1.12 bits per heavy atom. The molecule has 1 heteroatoms. The highest BCUT2D eigenvalue weighted by atomic mass is 14.8. The summed E-state index contributed by atoms with van der Waals surface area (Å²) in [7, 11) is 0. The largest absolute Gasteiger partial charge is 0.362 e. The predicted molar refractivity (Wildman–Crippen MR) is 114 cm³/mol.